The van der Waals surface area contributed by atoms with Crippen LogP contribution < -0.4 is 0 Å². The minimum Gasteiger partial charge on any atom is -0.463 e. The zero-order valence-corrected chi connectivity index (χ0v) is 43.9. The highest BCUT2D eigenvalue weighted by atomic mass is 16.6. The van der Waals surface area contributed by atoms with Gasteiger partial charge in [-0.2, -0.15) is 0 Å². The van der Waals surface area contributed by atoms with Gasteiger partial charge in [-0.15, -0.1) is 0 Å². The van der Waals surface area contributed by atoms with E-state index in [9.17, 15) is 9.59 Å². The molecular weight excluding hydrogens is 819 g/mol. The van der Waals surface area contributed by atoms with Gasteiger partial charge in [0.1, 0.15) is 12.7 Å². The first kappa shape index (κ1) is 55.2. The minimum atomic E-state index is -0.361. The average Bonchev–Trinajstić information content (AvgIpc) is 3.67. The van der Waals surface area contributed by atoms with Crippen LogP contribution >= 0.6 is 0 Å². The van der Waals surface area contributed by atoms with Crippen LogP contribution in [0.5, 0.6) is 0 Å². The Morgan fingerprint density at radius 3 is 2.17 bits per heavy atom. The smallest absolute Gasteiger partial charge is 0.306 e. The van der Waals surface area contributed by atoms with Crippen molar-refractivity contribution in [2.75, 3.05) is 46.1 Å². The second kappa shape index (κ2) is 30.1. The molecule has 9 atom stereocenters. The predicted molar refractivity (Wildman–Crippen MR) is 273 cm³/mol. The highest BCUT2D eigenvalue weighted by Gasteiger charge is 2.59. The number of hydrogen-bond donors (Lipinski definition) is 0. The van der Waals surface area contributed by atoms with Crippen LogP contribution in [-0.4, -0.2) is 75.1 Å². The highest BCUT2D eigenvalue weighted by Crippen LogP contribution is 2.67. The predicted octanol–water partition coefficient (Wildman–Crippen LogP) is 15.2. The fraction of sp³-hybridized carbons (Fsp3) is 0.898. The van der Waals surface area contributed by atoms with Gasteiger partial charge in [-0.25, -0.2) is 0 Å². The number of esters is 2. The van der Waals surface area contributed by atoms with Gasteiger partial charge in [-0.05, 0) is 149 Å². The monoisotopic (exact) mass is 922 g/mol. The summed E-state index contributed by atoms with van der Waals surface area (Å²) in [5.41, 5.74) is 2.26. The Kier molecular flexibility index (Phi) is 25.2. The van der Waals surface area contributed by atoms with Crippen molar-refractivity contribution in [1.29, 1.82) is 0 Å². The molecule has 1 saturated heterocycles. The van der Waals surface area contributed by atoms with E-state index in [1.165, 1.54) is 160 Å². The SMILES string of the molecule is CCCCCCCCC=CCCCCCCCCOCC(CN1CCCCC1)OCCOC(=O)CCC(=O)O[C@H]1CC[C@@]2(C)C(=CC[C@H]3[C@@H]4CC[C@H]([C@H](C)CCCC(C)C)[C@@]4(C)CC[C@@H]32)C1. The number of rotatable bonds is 33. The summed E-state index contributed by atoms with van der Waals surface area (Å²) in [5.74, 6) is 4.28. The number of carbonyl (C=O) groups excluding carboxylic acids is 2. The summed E-state index contributed by atoms with van der Waals surface area (Å²) in [5, 5.41) is 0. The van der Waals surface area contributed by atoms with Gasteiger partial charge in [0, 0.05) is 19.6 Å². The summed E-state index contributed by atoms with van der Waals surface area (Å²) in [7, 11) is 0. The minimum absolute atomic E-state index is 0.0418. The Bertz CT molecular complexity index is 1420. The van der Waals surface area contributed by atoms with Gasteiger partial charge in [-0.1, -0.05) is 149 Å². The molecule has 0 aromatic heterocycles. The summed E-state index contributed by atoms with van der Waals surface area (Å²) in [6.45, 7) is 19.7. The van der Waals surface area contributed by atoms with Crippen molar-refractivity contribution in [2.24, 2.45) is 46.3 Å². The van der Waals surface area contributed by atoms with E-state index < -0.39 is 0 Å². The average molecular weight is 922 g/mol. The van der Waals surface area contributed by atoms with Crippen LogP contribution in [0, 0.1) is 46.3 Å². The Hall–Kier alpha value is -1.70. The zero-order chi connectivity index (χ0) is 47.0. The zero-order valence-electron chi connectivity index (χ0n) is 43.9. The molecule has 1 heterocycles. The molecule has 3 saturated carbocycles. The fourth-order valence-electron chi connectivity index (χ4n) is 13.9. The maximum absolute atomic E-state index is 13.0. The fourth-order valence-corrected chi connectivity index (χ4v) is 13.9. The third-order valence-corrected chi connectivity index (χ3v) is 17.8. The third-order valence-electron chi connectivity index (χ3n) is 17.8. The molecule has 0 bridgehead atoms. The number of hydrogen-bond acceptors (Lipinski definition) is 7. The Morgan fingerprint density at radius 1 is 0.742 bits per heavy atom. The van der Waals surface area contributed by atoms with E-state index in [4.69, 9.17) is 18.9 Å². The number of likely N-dealkylation sites (tertiary alicyclic amines) is 1. The van der Waals surface area contributed by atoms with Gasteiger partial charge in [-0.3, -0.25) is 9.59 Å². The van der Waals surface area contributed by atoms with Gasteiger partial charge >= 0.3 is 11.9 Å². The molecule has 66 heavy (non-hydrogen) atoms. The topological polar surface area (TPSA) is 74.3 Å². The van der Waals surface area contributed by atoms with Crippen LogP contribution in [0.1, 0.15) is 234 Å². The van der Waals surface area contributed by atoms with Crippen molar-refractivity contribution in [3.63, 3.8) is 0 Å². The molecule has 7 nitrogen and oxygen atoms in total. The number of allylic oxidation sites excluding steroid dienone is 3. The molecular formula is C59H103NO6. The summed E-state index contributed by atoms with van der Waals surface area (Å²) in [4.78, 5) is 28.2. The van der Waals surface area contributed by atoms with Crippen LogP contribution in [0.2, 0.25) is 0 Å². The molecule has 7 heteroatoms. The van der Waals surface area contributed by atoms with Crippen LogP contribution in [0.4, 0.5) is 0 Å². The van der Waals surface area contributed by atoms with E-state index in [1.807, 2.05) is 0 Å². The van der Waals surface area contributed by atoms with E-state index >= 15 is 0 Å². The van der Waals surface area contributed by atoms with Crippen molar-refractivity contribution < 1.29 is 28.5 Å². The lowest BCUT2D eigenvalue weighted by Gasteiger charge is -2.58. The van der Waals surface area contributed by atoms with E-state index in [-0.39, 0.29) is 49.0 Å². The summed E-state index contributed by atoms with van der Waals surface area (Å²) in [6.07, 6.45) is 43.2. The van der Waals surface area contributed by atoms with Crippen molar-refractivity contribution in [3.05, 3.63) is 23.8 Å². The van der Waals surface area contributed by atoms with E-state index in [1.54, 1.807) is 0 Å². The molecule has 4 fully saturated rings. The molecule has 0 radical (unpaired) electrons. The van der Waals surface area contributed by atoms with Crippen LogP contribution in [-0.2, 0) is 28.5 Å². The number of nitrogens with zero attached hydrogens (tertiary/aromatic N) is 1. The van der Waals surface area contributed by atoms with Crippen molar-refractivity contribution in [3.8, 4) is 0 Å². The first-order chi connectivity index (χ1) is 32.0. The Labute approximate surface area is 406 Å². The molecule has 1 unspecified atom stereocenters. The maximum atomic E-state index is 13.0. The molecule has 0 N–H and O–H groups in total. The van der Waals surface area contributed by atoms with Gasteiger partial charge in [0.15, 0.2) is 0 Å². The summed E-state index contributed by atoms with van der Waals surface area (Å²) in [6, 6.07) is 0. The molecule has 0 aromatic carbocycles. The number of unbranched alkanes of at least 4 members (excludes halogenated alkanes) is 12. The molecule has 4 aliphatic carbocycles. The summed E-state index contributed by atoms with van der Waals surface area (Å²) >= 11 is 0. The van der Waals surface area contributed by atoms with E-state index in [0.29, 0.717) is 18.6 Å². The lowest BCUT2D eigenvalue weighted by atomic mass is 9.47. The molecule has 5 aliphatic rings. The van der Waals surface area contributed by atoms with Gasteiger partial charge in [0.05, 0.1) is 32.2 Å². The Balaban J connectivity index is 0.919. The van der Waals surface area contributed by atoms with E-state index in [0.717, 1.165) is 87.4 Å². The van der Waals surface area contributed by atoms with Crippen LogP contribution in [0.3, 0.4) is 0 Å². The van der Waals surface area contributed by atoms with Gasteiger partial charge < -0.3 is 23.8 Å². The number of fused-ring (bicyclic) bond motifs is 5. The van der Waals surface area contributed by atoms with Crippen molar-refractivity contribution >= 4 is 11.9 Å². The second-order valence-corrected chi connectivity index (χ2v) is 23.2. The molecule has 0 amide bonds. The standard InChI is InChI=1S/C59H103NO6/c1-7-8-9-10-11-12-13-14-15-16-17-18-19-20-21-25-41-63-46-51(45-60-39-23-22-24-40-60)64-42-43-65-56(61)33-34-57(62)66-50-35-37-58(5)49(44-50)29-30-52-54-32-31-53(48(4)28-26-27-47(2)3)59(54,6)38-36-55(52)58/h14-15,29,47-48,50-55H,7-13,16-28,30-46H2,1-6H3/t48-,50+,51?,52+,53-,54+,55+,58+,59-/m1/s1. The largest absolute Gasteiger partial charge is 0.463 e. The Morgan fingerprint density at radius 2 is 1.44 bits per heavy atom. The molecule has 0 aromatic rings. The number of ether oxygens (including phenoxy) is 4. The highest BCUT2D eigenvalue weighted by molar-refractivity contribution is 5.77. The lowest BCUT2D eigenvalue weighted by Crippen LogP contribution is -2.51. The number of carbonyl (C=O) groups is 2. The first-order valence-electron chi connectivity index (χ1n) is 28.6. The van der Waals surface area contributed by atoms with Gasteiger partial charge in [0.25, 0.3) is 0 Å². The normalized spacial score (nSPS) is 28.7. The lowest BCUT2D eigenvalue weighted by molar-refractivity contribution is -0.156. The maximum Gasteiger partial charge on any atom is 0.306 e. The summed E-state index contributed by atoms with van der Waals surface area (Å²) < 4.78 is 24.0. The molecule has 0 spiro atoms. The van der Waals surface area contributed by atoms with Crippen LogP contribution in [0.25, 0.3) is 0 Å². The number of piperidine rings is 1. The van der Waals surface area contributed by atoms with Gasteiger partial charge in [0.2, 0.25) is 0 Å². The van der Waals surface area contributed by atoms with Crippen molar-refractivity contribution in [2.45, 2.75) is 246 Å². The molecule has 5 rings (SSSR count). The van der Waals surface area contributed by atoms with Crippen molar-refractivity contribution in [1.82, 2.24) is 4.90 Å². The van der Waals surface area contributed by atoms with Crippen LogP contribution in [0.15, 0.2) is 23.8 Å². The third kappa shape index (κ3) is 17.9. The quantitative estimate of drug-likeness (QED) is 0.0369. The van der Waals surface area contributed by atoms with E-state index in [2.05, 4.69) is 64.7 Å². The second-order valence-electron chi connectivity index (χ2n) is 23.2. The molecule has 380 valence electrons. The first-order valence-corrected chi connectivity index (χ1v) is 28.6. The molecule has 1 aliphatic heterocycles.